The smallest absolute Gasteiger partial charge is 0.341 e. The predicted molar refractivity (Wildman–Crippen MR) is 156 cm³/mol. The number of benzene rings is 4. The molecule has 8 nitrogen and oxygen atoms in total. The third-order valence-electron chi connectivity index (χ3n) is 6.65. The lowest BCUT2D eigenvalue weighted by Crippen LogP contribution is -2.10. The Morgan fingerprint density at radius 2 is 1.57 bits per heavy atom. The van der Waals surface area contributed by atoms with E-state index < -0.39 is 11.9 Å². The number of carboxylic acid groups (broad SMARTS) is 1. The summed E-state index contributed by atoms with van der Waals surface area (Å²) < 4.78 is 11.3. The number of carbonyl (C=O) groups excluding carboxylic acids is 1. The summed E-state index contributed by atoms with van der Waals surface area (Å²) in [6.07, 6.45) is 3.97. The highest BCUT2D eigenvalue weighted by Gasteiger charge is 2.17. The number of carbonyl (C=O) groups is 2. The number of rotatable bonds is 10. The summed E-state index contributed by atoms with van der Waals surface area (Å²) in [5, 5.41) is 22.6. The van der Waals surface area contributed by atoms with Gasteiger partial charge in [-0.3, -0.25) is 4.79 Å². The minimum Gasteiger partial charge on any atom is -0.507 e. The van der Waals surface area contributed by atoms with Crippen molar-refractivity contribution in [2.45, 2.75) is 13.5 Å². The molecule has 40 heavy (non-hydrogen) atoms. The molecular weight excluding hydrogens is 508 g/mol. The fourth-order valence-corrected chi connectivity index (χ4v) is 4.52. The molecule has 0 atom stereocenters. The maximum atomic E-state index is 11.6. The summed E-state index contributed by atoms with van der Waals surface area (Å²) in [6.45, 7) is 2.25. The zero-order valence-corrected chi connectivity index (χ0v) is 22.4. The molecule has 5 N–H and O–H groups in total. The van der Waals surface area contributed by atoms with E-state index in [0.29, 0.717) is 22.6 Å². The summed E-state index contributed by atoms with van der Waals surface area (Å²) in [6, 6.07) is 21.5. The fourth-order valence-electron chi connectivity index (χ4n) is 4.52. The van der Waals surface area contributed by atoms with Gasteiger partial charge in [0, 0.05) is 12.1 Å². The molecule has 0 bridgehead atoms. The number of carboxylic acids is 1. The number of nitrogens with one attached hydrogen (secondary N) is 1. The molecule has 204 valence electrons. The van der Waals surface area contributed by atoms with Crippen molar-refractivity contribution in [2.75, 3.05) is 19.5 Å². The van der Waals surface area contributed by atoms with Crippen molar-refractivity contribution in [2.24, 2.45) is 5.73 Å². The van der Waals surface area contributed by atoms with Crippen LogP contribution in [0.1, 0.15) is 43.0 Å². The number of anilines is 1. The second-order valence-corrected chi connectivity index (χ2v) is 9.06. The molecule has 0 saturated carbocycles. The lowest BCUT2D eigenvalue weighted by molar-refractivity contribution is 0.0694. The van der Waals surface area contributed by atoms with Crippen LogP contribution < -0.4 is 20.5 Å². The zero-order chi connectivity index (χ0) is 28.8. The summed E-state index contributed by atoms with van der Waals surface area (Å²) >= 11 is 0. The van der Waals surface area contributed by atoms with Crippen LogP contribution in [-0.2, 0) is 6.54 Å². The van der Waals surface area contributed by atoms with Gasteiger partial charge in [0.2, 0.25) is 5.91 Å². The van der Waals surface area contributed by atoms with E-state index in [1.54, 1.807) is 38.5 Å². The number of methoxy groups -OCH3 is 2. The molecule has 4 aromatic rings. The normalized spacial score (nSPS) is 10.9. The first-order chi connectivity index (χ1) is 19.2. The van der Waals surface area contributed by atoms with Crippen LogP contribution in [0.25, 0.3) is 23.3 Å². The van der Waals surface area contributed by atoms with E-state index in [2.05, 4.69) is 5.32 Å². The zero-order valence-electron chi connectivity index (χ0n) is 22.4. The van der Waals surface area contributed by atoms with Crippen molar-refractivity contribution >= 4 is 29.7 Å². The molecule has 0 radical (unpaired) electrons. The van der Waals surface area contributed by atoms with E-state index >= 15 is 0 Å². The van der Waals surface area contributed by atoms with Crippen molar-refractivity contribution in [1.82, 2.24) is 0 Å². The number of phenols is 1. The number of primary amides is 1. The molecule has 0 saturated heterocycles. The summed E-state index contributed by atoms with van der Waals surface area (Å²) in [7, 11) is 3.11. The number of ether oxygens (including phenoxy) is 2. The van der Waals surface area contributed by atoms with E-state index in [9.17, 15) is 19.8 Å². The standard InChI is InChI=1S/C32H30N2O6/c1-19-21(6-4-7-24(19)22-12-14-23(15-13-22)31(33)36)11-10-20-16-28(39-2)25(29(17-20)40-3)18-34-26-8-5-9-27(35)30(26)32(37)38/h4-17,34-35H,18H2,1-3H3,(H2,33,36)(H,37,38)/b11-10+. The van der Waals surface area contributed by atoms with Crippen molar-refractivity contribution < 1.29 is 29.3 Å². The van der Waals surface area contributed by atoms with Crippen molar-refractivity contribution in [1.29, 1.82) is 0 Å². The van der Waals surface area contributed by atoms with Gasteiger partial charge in [0.1, 0.15) is 22.8 Å². The molecule has 0 unspecified atom stereocenters. The predicted octanol–water partition coefficient (Wildman–Crippen LogP) is 5.96. The first kappa shape index (κ1) is 27.8. The van der Waals surface area contributed by atoms with Crippen LogP contribution in [0.5, 0.6) is 17.2 Å². The van der Waals surface area contributed by atoms with Crippen molar-refractivity contribution in [3.05, 3.63) is 106 Å². The van der Waals surface area contributed by atoms with Gasteiger partial charge >= 0.3 is 5.97 Å². The van der Waals surface area contributed by atoms with Gasteiger partial charge in [-0.2, -0.15) is 0 Å². The fraction of sp³-hybridized carbons (Fsp3) is 0.125. The number of hydrogen-bond acceptors (Lipinski definition) is 6. The Kier molecular flexibility index (Phi) is 8.39. The molecular formula is C32H30N2O6. The van der Waals surface area contributed by atoms with Crippen molar-refractivity contribution in [3.8, 4) is 28.4 Å². The van der Waals surface area contributed by atoms with Gasteiger partial charge in [0.25, 0.3) is 0 Å². The van der Waals surface area contributed by atoms with Gasteiger partial charge in [-0.25, -0.2) is 4.79 Å². The topological polar surface area (TPSA) is 131 Å². The lowest BCUT2D eigenvalue weighted by atomic mass is 9.95. The molecule has 8 heteroatoms. The molecule has 0 aliphatic rings. The average molecular weight is 539 g/mol. The SMILES string of the molecule is COc1cc(/C=C/c2cccc(-c3ccc(C(N)=O)cc3)c2C)cc(OC)c1CNc1cccc(O)c1C(=O)O. The highest BCUT2D eigenvalue weighted by atomic mass is 16.5. The van der Waals surface area contributed by atoms with Crippen LogP contribution in [-0.4, -0.2) is 36.3 Å². The van der Waals surface area contributed by atoms with E-state index in [0.717, 1.165) is 27.8 Å². The van der Waals surface area contributed by atoms with Crippen LogP contribution in [0.15, 0.2) is 72.8 Å². The monoisotopic (exact) mass is 538 g/mol. The third kappa shape index (κ3) is 5.91. The highest BCUT2D eigenvalue weighted by Crippen LogP contribution is 2.34. The quantitative estimate of drug-likeness (QED) is 0.183. The average Bonchev–Trinajstić information content (AvgIpc) is 2.95. The Labute approximate surface area is 232 Å². The molecule has 0 spiro atoms. The van der Waals surface area contributed by atoms with E-state index in [1.807, 2.05) is 61.5 Å². The second-order valence-electron chi connectivity index (χ2n) is 9.06. The third-order valence-corrected chi connectivity index (χ3v) is 6.65. The van der Waals surface area contributed by atoms with Gasteiger partial charge in [-0.05, 0) is 71.1 Å². The number of aromatic hydroxyl groups is 1. The Balaban J connectivity index is 1.61. The number of hydrogen-bond donors (Lipinski definition) is 4. The molecule has 0 aromatic heterocycles. The number of aromatic carboxylic acids is 1. The molecule has 0 heterocycles. The molecule has 0 aliphatic carbocycles. The van der Waals surface area contributed by atoms with Gasteiger partial charge < -0.3 is 30.7 Å². The van der Waals surface area contributed by atoms with Gasteiger partial charge in [-0.1, -0.05) is 48.6 Å². The van der Waals surface area contributed by atoms with E-state index in [4.69, 9.17) is 15.2 Å². The first-order valence-electron chi connectivity index (χ1n) is 12.5. The second kappa shape index (κ2) is 12.1. The van der Waals surface area contributed by atoms with Crippen LogP contribution >= 0.6 is 0 Å². The molecule has 4 rings (SSSR count). The Bertz CT molecular complexity index is 1570. The van der Waals surface area contributed by atoms with E-state index in [-0.39, 0.29) is 23.5 Å². The Morgan fingerprint density at radius 1 is 0.925 bits per heavy atom. The van der Waals surface area contributed by atoms with Crippen LogP contribution in [0, 0.1) is 6.92 Å². The van der Waals surface area contributed by atoms with Crippen LogP contribution in [0.4, 0.5) is 5.69 Å². The lowest BCUT2D eigenvalue weighted by Gasteiger charge is -2.17. The molecule has 0 aliphatic heterocycles. The van der Waals surface area contributed by atoms with Crippen LogP contribution in [0.3, 0.4) is 0 Å². The first-order valence-corrected chi connectivity index (χ1v) is 12.5. The van der Waals surface area contributed by atoms with Crippen molar-refractivity contribution in [3.63, 3.8) is 0 Å². The summed E-state index contributed by atoms with van der Waals surface area (Å²) in [4.78, 5) is 23.0. The minimum absolute atomic E-state index is 0.204. The van der Waals surface area contributed by atoms with Gasteiger partial charge in [0.15, 0.2) is 0 Å². The maximum Gasteiger partial charge on any atom is 0.341 e. The van der Waals surface area contributed by atoms with Gasteiger partial charge in [-0.15, -0.1) is 0 Å². The summed E-state index contributed by atoms with van der Waals surface area (Å²) in [5.74, 6) is -0.898. The molecule has 1 amide bonds. The Morgan fingerprint density at radius 3 is 2.17 bits per heavy atom. The minimum atomic E-state index is -1.23. The largest absolute Gasteiger partial charge is 0.507 e. The van der Waals surface area contributed by atoms with Crippen LogP contribution in [0.2, 0.25) is 0 Å². The highest BCUT2D eigenvalue weighted by molar-refractivity contribution is 5.97. The van der Waals surface area contributed by atoms with E-state index in [1.165, 1.54) is 6.07 Å². The number of amides is 1. The number of nitrogens with two attached hydrogens (primary N) is 1. The summed E-state index contributed by atoms with van der Waals surface area (Å²) in [5.41, 5.74) is 11.6. The van der Waals surface area contributed by atoms with Gasteiger partial charge in [0.05, 0.1) is 25.5 Å². The molecule has 0 fully saturated rings. The molecule has 4 aromatic carbocycles. The maximum absolute atomic E-state index is 11.6. The Hall–Kier alpha value is -5.24.